The monoisotopic (exact) mass is 190 g/mol. The minimum Gasteiger partial charge on any atom is -0.448 e. The van der Waals surface area contributed by atoms with E-state index >= 15 is 0 Å². The summed E-state index contributed by atoms with van der Waals surface area (Å²) in [5, 5.41) is 0. The molecule has 0 saturated heterocycles. The van der Waals surface area contributed by atoms with E-state index in [9.17, 15) is 4.79 Å². The van der Waals surface area contributed by atoms with Gasteiger partial charge in [-0.05, 0) is 0 Å². The van der Waals surface area contributed by atoms with Crippen molar-refractivity contribution in [3.05, 3.63) is 0 Å². The van der Waals surface area contributed by atoms with E-state index in [-0.39, 0.29) is 11.8 Å². The van der Waals surface area contributed by atoms with E-state index < -0.39 is 11.5 Å². The normalized spacial score (nSPS) is 9.78. The first-order valence-electron chi connectivity index (χ1n) is 2.18. The smallest absolute Gasteiger partial charge is 0.404 e. The lowest BCUT2D eigenvalue weighted by atomic mass is 10.5. The van der Waals surface area contributed by atoms with Gasteiger partial charge in [-0.2, -0.15) is 0 Å². The molecule has 0 aromatic heterocycles. The Morgan fingerprint density at radius 1 is 1.44 bits per heavy atom. The summed E-state index contributed by atoms with van der Waals surface area (Å²) in [6.07, 6.45) is -0.474. The van der Waals surface area contributed by atoms with Crippen molar-refractivity contribution in [3.63, 3.8) is 0 Å². The van der Waals surface area contributed by atoms with Crippen molar-refractivity contribution in [2.45, 2.75) is 6.10 Å². The molecule has 54 valence electrons. The first kappa shape index (κ1) is 9.34. The predicted molar refractivity (Wildman–Crippen MR) is 37.6 cm³/mol. The third kappa shape index (κ3) is 4.82. The maximum absolute atomic E-state index is 10.00. The van der Waals surface area contributed by atoms with Gasteiger partial charge in [0, 0.05) is 11.6 Å². The van der Waals surface area contributed by atoms with E-state index in [2.05, 4.69) is 4.74 Å². The Bertz CT molecular complexity index is 91.8. The Kier molecular flexibility index (Phi) is 5.35. The maximum atomic E-state index is 10.00. The van der Waals surface area contributed by atoms with Crippen LogP contribution in [0.2, 0.25) is 0 Å². The van der Waals surface area contributed by atoms with Crippen LogP contribution in [0.15, 0.2) is 0 Å². The van der Waals surface area contributed by atoms with Gasteiger partial charge in [0.2, 0.25) is 0 Å². The van der Waals surface area contributed by atoms with Crippen LogP contribution in [0.25, 0.3) is 0 Å². The Hall–Kier alpha value is 0.340. The molecule has 0 fully saturated rings. The second-order valence-corrected chi connectivity index (χ2v) is 2.21. The summed E-state index contributed by atoms with van der Waals surface area (Å²) in [4.78, 5) is 10.00. The summed E-state index contributed by atoms with van der Waals surface area (Å²) in [5.74, 6) is 0.337. The lowest BCUT2D eigenvalue weighted by Gasteiger charge is -2.07. The Morgan fingerprint density at radius 3 is 2.00 bits per heavy atom. The summed E-state index contributed by atoms with van der Waals surface area (Å²) >= 11 is 15.4. The average molecular weight is 191 g/mol. The molecule has 0 aliphatic carbocycles. The SMILES string of the molecule is O=C(Cl)OC(CCl)CCl. The van der Waals surface area contributed by atoms with Crippen LogP contribution < -0.4 is 0 Å². The molecule has 0 aromatic carbocycles. The average Bonchev–Trinajstić information content (AvgIpc) is 1.82. The van der Waals surface area contributed by atoms with E-state index in [1.54, 1.807) is 0 Å². The third-order valence-electron chi connectivity index (χ3n) is 0.604. The van der Waals surface area contributed by atoms with Gasteiger partial charge in [0.15, 0.2) is 0 Å². The molecule has 0 aromatic rings. The largest absolute Gasteiger partial charge is 0.448 e. The van der Waals surface area contributed by atoms with E-state index in [0.717, 1.165) is 0 Å². The highest BCUT2D eigenvalue weighted by Gasteiger charge is 2.08. The molecule has 0 amide bonds. The van der Waals surface area contributed by atoms with Crippen LogP contribution in [0, 0.1) is 0 Å². The molecule has 0 spiro atoms. The van der Waals surface area contributed by atoms with Gasteiger partial charge in [-0.1, -0.05) is 0 Å². The second kappa shape index (κ2) is 5.15. The van der Waals surface area contributed by atoms with Crippen molar-refractivity contribution in [2.75, 3.05) is 11.8 Å². The number of ether oxygens (including phenoxy) is 1. The Labute approximate surface area is 68.0 Å². The second-order valence-electron chi connectivity index (χ2n) is 1.29. The number of carbonyl (C=O) groups is 1. The quantitative estimate of drug-likeness (QED) is 0.505. The summed E-state index contributed by atoms with van der Waals surface area (Å²) in [6, 6.07) is 0. The van der Waals surface area contributed by atoms with Crippen LogP contribution in [0.3, 0.4) is 0 Å². The molecule has 0 rings (SSSR count). The highest BCUT2D eigenvalue weighted by atomic mass is 35.5. The molecule has 0 radical (unpaired) electrons. The molecule has 0 heterocycles. The minimum absolute atomic E-state index is 0.169. The Morgan fingerprint density at radius 2 is 1.89 bits per heavy atom. The molecular weight excluding hydrogens is 186 g/mol. The van der Waals surface area contributed by atoms with E-state index in [0.29, 0.717) is 0 Å². The molecule has 5 heteroatoms. The molecule has 0 saturated carbocycles. The van der Waals surface area contributed by atoms with Gasteiger partial charge < -0.3 is 4.74 Å². The van der Waals surface area contributed by atoms with Crippen molar-refractivity contribution in [1.82, 2.24) is 0 Å². The first-order chi connectivity index (χ1) is 4.20. The number of alkyl halides is 2. The zero-order valence-electron chi connectivity index (χ0n) is 4.44. The van der Waals surface area contributed by atoms with Gasteiger partial charge in [-0.3, -0.25) is 0 Å². The number of halogens is 3. The van der Waals surface area contributed by atoms with Gasteiger partial charge in [-0.25, -0.2) is 4.79 Å². The number of hydrogen-bond donors (Lipinski definition) is 0. The van der Waals surface area contributed by atoms with Gasteiger partial charge in [-0.15, -0.1) is 23.2 Å². The topological polar surface area (TPSA) is 26.3 Å². The Balaban J connectivity index is 3.43. The minimum atomic E-state index is -0.874. The van der Waals surface area contributed by atoms with E-state index in [4.69, 9.17) is 34.8 Å². The van der Waals surface area contributed by atoms with Crippen LogP contribution >= 0.6 is 34.8 Å². The fourth-order valence-corrected chi connectivity index (χ4v) is 0.817. The maximum Gasteiger partial charge on any atom is 0.404 e. The molecule has 0 atom stereocenters. The highest BCUT2D eigenvalue weighted by Crippen LogP contribution is 2.01. The molecule has 0 N–H and O–H groups in total. The zero-order chi connectivity index (χ0) is 7.28. The molecule has 0 bridgehead atoms. The van der Waals surface area contributed by atoms with Crippen molar-refractivity contribution < 1.29 is 9.53 Å². The molecule has 0 aliphatic heterocycles. The van der Waals surface area contributed by atoms with Crippen LogP contribution in [0.4, 0.5) is 4.79 Å². The number of rotatable bonds is 3. The lowest BCUT2D eigenvalue weighted by molar-refractivity contribution is 0.144. The van der Waals surface area contributed by atoms with Gasteiger partial charge in [0.05, 0.1) is 11.8 Å². The van der Waals surface area contributed by atoms with Gasteiger partial charge in [0.1, 0.15) is 6.10 Å². The predicted octanol–water partition coefficient (Wildman–Crippen LogP) is 2.21. The van der Waals surface area contributed by atoms with Crippen molar-refractivity contribution >= 4 is 40.2 Å². The molecule has 9 heavy (non-hydrogen) atoms. The van der Waals surface area contributed by atoms with Crippen molar-refractivity contribution in [2.24, 2.45) is 0 Å². The molecule has 0 aliphatic rings. The molecule has 0 unspecified atom stereocenters. The first-order valence-corrected chi connectivity index (χ1v) is 3.63. The van der Waals surface area contributed by atoms with Crippen molar-refractivity contribution in [1.29, 1.82) is 0 Å². The van der Waals surface area contributed by atoms with Crippen molar-refractivity contribution in [3.8, 4) is 0 Å². The van der Waals surface area contributed by atoms with Crippen LogP contribution in [0.5, 0.6) is 0 Å². The van der Waals surface area contributed by atoms with Crippen LogP contribution in [-0.4, -0.2) is 23.3 Å². The summed E-state index contributed by atoms with van der Waals surface area (Å²) in [6.45, 7) is 0. The standard InChI is InChI=1S/C4H5Cl3O2/c5-1-3(2-6)9-4(7)8/h3H,1-2H2. The van der Waals surface area contributed by atoms with Gasteiger partial charge >= 0.3 is 5.43 Å². The lowest BCUT2D eigenvalue weighted by Crippen LogP contribution is -2.17. The summed E-state index contributed by atoms with van der Waals surface area (Å²) in [5.41, 5.74) is -0.874. The fraction of sp³-hybridized carbons (Fsp3) is 0.750. The zero-order valence-corrected chi connectivity index (χ0v) is 6.71. The summed E-state index contributed by atoms with van der Waals surface area (Å²) in [7, 11) is 0. The number of carbonyl (C=O) groups excluding carboxylic acids is 1. The summed E-state index contributed by atoms with van der Waals surface area (Å²) < 4.78 is 4.41. The molecular formula is C4H5Cl3O2. The highest BCUT2D eigenvalue weighted by molar-refractivity contribution is 6.61. The third-order valence-corrected chi connectivity index (χ3v) is 1.38. The van der Waals surface area contributed by atoms with Crippen LogP contribution in [-0.2, 0) is 4.74 Å². The fourth-order valence-electron chi connectivity index (χ4n) is 0.235. The number of hydrogen-bond acceptors (Lipinski definition) is 2. The van der Waals surface area contributed by atoms with Crippen LogP contribution in [0.1, 0.15) is 0 Å². The van der Waals surface area contributed by atoms with Gasteiger partial charge in [0.25, 0.3) is 0 Å². The van der Waals surface area contributed by atoms with E-state index in [1.165, 1.54) is 0 Å². The van der Waals surface area contributed by atoms with E-state index in [1.807, 2.05) is 0 Å². The molecule has 2 nitrogen and oxygen atoms in total.